The highest BCUT2D eigenvalue weighted by atomic mass is 32.1. The van der Waals surface area contributed by atoms with Gasteiger partial charge in [0.1, 0.15) is 19.2 Å². The minimum atomic E-state index is -2.91. The van der Waals surface area contributed by atoms with E-state index in [-0.39, 0.29) is 37.2 Å². The highest BCUT2D eigenvalue weighted by Gasteiger charge is 2.56. The number of nitrogens with zero attached hydrogens (tertiary/aromatic N) is 4. The fraction of sp³-hybridized carbons (Fsp3) is 0.609. The SMILES string of the molecule is O=C(C[N+]12CCC(CC1)[C@@H](OC(=O)C(O)(c1ccsc1)C1CCC(F)(F)C1)C2)Nc1ncncn1. The van der Waals surface area contributed by atoms with E-state index in [0.29, 0.717) is 16.6 Å². The van der Waals surface area contributed by atoms with E-state index in [1.165, 1.54) is 24.0 Å². The van der Waals surface area contributed by atoms with E-state index in [0.717, 1.165) is 25.9 Å². The first-order valence-electron chi connectivity index (χ1n) is 11.8. The molecule has 6 rings (SSSR count). The van der Waals surface area contributed by atoms with Gasteiger partial charge in [-0.05, 0) is 23.2 Å². The minimum Gasteiger partial charge on any atom is -0.454 e. The number of carbonyl (C=O) groups excluding carboxylic acids is 2. The van der Waals surface area contributed by atoms with Crippen LogP contribution in [0.2, 0.25) is 0 Å². The predicted octanol–water partition coefficient (Wildman–Crippen LogP) is 2.35. The molecule has 2 aromatic heterocycles. The number of halogens is 2. The van der Waals surface area contributed by atoms with Gasteiger partial charge in [0.2, 0.25) is 11.9 Å². The molecular formula is C23H28F2N5O4S+. The monoisotopic (exact) mass is 508 g/mol. The molecule has 9 nitrogen and oxygen atoms in total. The fourth-order valence-electron chi connectivity index (χ4n) is 5.88. The lowest BCUT2D eigenvalue weighted by Gasteiger charge is -2.51. The van der Waals surface area contributed by atoms with Crippen LogP contribution in [0.1, 0.15) is 37.7 Å². The summed E-state index contributed by atoms with van der Waals surface area (Å²) >= 11 is 1.29. The molecule has 2 N–H and O–H groups in total. The van der Waals surface area contributed by atoms with Crippen molar-refractivity contribution >= 4 is 29.2 Å². The van der Waals surface area contributed by atoms with E-state index in [1.807, 2.05) is 0 Å². The number of aliphatic hydroxyl groups is 1. The summed E-state index contributed by atoms with van der Waals surface area (Å²) in [7, 11) is 0. The van der Waals surface area contributed by atoms with Crippen molar-refractivity contribution in [3.8, 4) is 0 Å². The number of thiophene rings is 1. The Labute approximate surface area is 205 Å². The van der Waals surface area contributed by atoms with E-state index in [1.54, 1.807) is 16.8 Å². The Morgan fingerprint density at radius 3 is 2.63 bits per heavy atom. The first kappa shape index (κ1) is 24.1. The van der Waals surface area contributed by atoms with Crippen LogP contribution in [0.15, 0.2) is 29.5 Å². The normalized spacial score (nSPS) is 31.0. The van der Waals surface area contributed by atoms with Crippen LogP contribution < -0.4 is 5.32 Å². The van der Waals surface area contributed by atoms with E-state index < -0.39 is 35.9 Å². The van der Waals surface area contributed by atoms with Gasteiger partial charge in [0.05, 0.1) is 13.1 Å². The molecule has 5 heterocycles. The van der Waals surface area contributed by atoms with Crippen LogP contribution in [-0.2, 0) is 19.9 Å². The maximum absolute atomic E-state index is 14.0. The third-order valence-corrected chi connectivity index (χ3v) is 8.47. The zero-order valence-corrected chi connectivity index (χ0v) is 19.9. The lowest BCUT2D eigenvalue weighted by Crippen LogP contribution is -2.66. The number of esters is 1. The number of amides is 1. The van der Waals surface area contributed by atoms with Gasteiger partial charge >= 0.3 is 5.97 Å². The van der Waals surface area contributed by atoms with Crippen molar-refractivity contribution in [1.82, 2.24) is 15.0 Å². The summed E-state index contributed by atoms with van der Waals surface area (Å²) in [4.78, 5) is 37.7. The molecule has 1 amide bonds. The molecule has 3 saturated heterocycles. The van der Waals surface area contributed by atoms with Crippen molar-refractivity contribution in [3.05, 3.63) is 35.0 Å². The number of hydrogen-bond acceptors (Lipinski definition) is 8. The second kappa shape index (κ2) is 9.14. The van der Waals surface area contributed by atoms with Crippen LogP contribution in [0.5, 0.6) is 0 Å². The lowest BCUT2D eigenvalue weighted by atomic mass is 9.80. The fourth-order valence-corrected chi connectivity index (χ4v) is 6.59. The van der Waals surface area contributed by atoms with Gasteiger partial charge < -0.3 is 14.3 Å². The summed E-state index contributed by atoms with van der Waals surface area (Å²) in [5, 5.41) is 17.6. The minimum absolute atomic E-state index is 0.0415. The van der Waals surface area contributed by atoms with Gasteiger partial charge in [-0.3, -0.25) is 10.1 Å². The van der Waals surface area contributed by atoms with Crippen molar-refractivity contribution < 1.29 is 32.7 Å². The summed E-state index contributed by atoms with van der Waals surface area (Å²) in [6.07, 6.45) is 2.77. The van der Waals surface area contributed by atoms with Crippen molar-refractivity contribution in [3.63, 3.8) is 0 Å². The number of carbonyl (C=O) groups is 2. The van der Waals surface area contributed by atoms with E-state index in [9.17, 15) is 23.5 Å². The van der Waals surface area contributed by atoms with Gasteiger partial charge in [-0.1, -0.05) is 0 Å². The molecule has 0 radical (unpaired) electrons. The number of ether oxygens (including phenoxy) is 1. The molecule has 12 heteroatoms. The van der Waals surface area contributed by atoms with E-state index in [4.69, 9.17) is 4.74 Å². The van der Waals surface area contributed by atoms with Gasteiger partial charge in [0.15, 0.2) is 18.2 Å². The zero-order valence-electron chi connectivity index (χ0n) is 19.1. The molecule has 2 unspecified atom stereocenters. The number of nitrogens with one attached hydrogen (secondary N) is 1. The molecule has 35 heavy (non-hydrogen) atoms. The summed E-state index contributed by atoms with van der Waals surface area (Å²) in [6.45, 7) is 2.15. The summed E-state index contributed by atoms with van der Waals surface area (Å²) < 4.78 is 34.4. The summed E-state index contributed by atoms with van der Waals surface area (Å²) in [5.74, 6) is -4.66. The first-order valence-corrected chi connectivity index (χ1v) is 12.7. The van der Waals surface area contributed by atoms with Gasteiger partial charge in [-0.15, -0.1) is 0 Å². The molecule has 4 aliphatic rings. The number of fused-ring (bicyclic) bond motifs is 3. The largest absolute Gasteiger partial charge is 0.454 e. The maximum Gasteiger partial charge on any atom is 0.343 e. The number of hydrogen-bond donors (Lipinski definition) is 2. The van der Waals surface area contributed by atoms with Gasteiger partial charge in [0.25, 0.3) is 5.91 Å². The molecule has 2 aromatic rings. The molecule has 0 spiro atoms. The molecule has 3 aliphatic heterocycles. The molecular weight excluding hydrogens is 480 g/mol. The quantitative estimate of drug-likeness (QED) is 0.436. The average Bonchev–Trinajstić information content (AvgIpc) is 3.50. The number of piperidine rings is 3. The van der Waals surface area contributed by atoms with Gasteiger partial charge in [0, 0.05) is 43.1 Å². The maximum atomic E-state index is 14.0. The van der Waals surface area contributed by atoms with Gasteiger partial charge in [-0.25, -0.2) is 28.5 Å². The van der Waals surface area contributed by atoms with E-state index in [2.05, 4.69) is 20.3 Å². The van der Waals surface area contributed by atoms with Crippen LogP contribution in [-0.4, -0.2) is 74.6 Å². The molecule has 1 aliphatic carbocycles. The van der Waals surface area contributed by atoms with Crippen molar-refractivity contribution in [2.45, 2.75) is 49.7 Å². The highest BCUT2D eigenvalue weighted by Crippen LogP contribution is 2.49. The topological polar surface area (TPSA) is 114 Å². The number of aromatic nitrogens is 3. The van der Waals surface area contributed by atoms with Crippen LogP contribution in [0.4, 0.5) is 14.7 Å². The Hall–Kier alpha value is -2.57. The molecule has 3 atom stereocenters. The van der Waals surface area contributed by atoms with Crippen molar-refractivity contribution in [2.24, 2.45) is 11.8 Å². The van der Waals surface area contributed by atoms with Crippen LogP contribution >= 0.6 is 11.3 Å². The Morgan fingerprint density at radius 1 is 1.26 bits per heavy atom. The Morgan fingerprint density at radius 2 is 2.00 bits per heavy atom. The Kier molecular flexibility index (Phi) is 6.30. The standard InChI is InChI=1S/C23H27F2N5O4S/c24-22(25)5-1-16(9-22)23(33,17-4-8-35-12-17)20(32)34-18-10-30(6-2-15(18)3-7-30)11-19(31)29-21-27-13-26-14-28-21/h4,8,12-16,18,33H,1-3,5-7,9-11H2/p+1/t15?,16?,18-,23?,30?/m0/s1. The smallest absolute Gasteiger partial charge is 0.343 e. The number of alkyl halides is 2. The zero-order chi connectivity index (χ0) is 24.7. The highest BCUT2D eigenvalue weighted by molar-refractivity contribution is 7.08. The molecule has 2 bridgehead atoms. The number of rotatable bonds is 7. The lowest BCUT2D eigenvalue weighted by molar-refractivity contribution is -0.939. The van der Waals surface area contributed by atoms with Crippen molar-refractivity contribution in [2.75, 3.05) is 31.5 Å². The second-order valence-corrected chi connectivity index (χ2v) is 10.8. The predicted molar refractivity (Wildman–Crippen MR) is 121 cm³/mol. The van der Waals surface area contributed by atoms with Crippen LogP contribution in [0.3, 0.4) is 0 Å². The summed E-state index contributed by atoms with van der Waals surface area (Å²) in [5.41, 5.74) is -1.82. The Bertz CT molecular complexity index is 1070. The molecule has 188 valence electrons. The van der Waals surface area contributed by atoms with Crippen LogP contribution in [0, 0.1) is 11.8 Å². The Balaban J connectivity index is 1.30. The van der Waals surface area contributed by atoms with Crippen molar-refractivity contribution in [1.29, 1.82) is 0 Å². The molecule has 1 saturated carbocycles. The number of quaternary nitrogens is 1. The van der Waals surface area contributed by atoms with Crippen LogP contribution in [0.25, 0.3) is 0 Å². The average molecular weight is 509 g/mol. The second-order valence-electron chi connectivity index (χ2n) is 9.99. The first-order chi connectivity index (χ1) is 16.7. The summed E-state index contributed by atoms with van der Waals surface area (Å²) in [6, 6.07) is 1.60. The third kappa shape index (κ3) is 4.78. The van der Waals surface area contributed by atoms with E-state index >= 15 is 0 Å². The van der Waals surface area contributed by atoms with Gasteiger partial charge in [-0.2, -0.15) is 11.3 Å². The number of anilines is 1. The third-order valence-electron chi connectivity index (χ3n) is 7.79. The molecule has 0 aromatic carbocycles. The molecule has 4 fully saturated rings.